The van der Waals surface area contributed by atoms with Gasteiger partial charge >= 0.3 is 0 Å². The van der Waals surface area contributed by atoms with Crippen LogP contribution in [0.3, 0.4) is 0 Å². The fraction of sp³-hybridized carbons (Fsp3) is 0.500. The Labute approximate surface area is 114 Å². The van der Waals surface area contributed by atoms with Crippen LogP contribution in [-0.4, -0.2) is 45.2 Å². The summed E-state index contributed by atoms with van der Waals surface area (Å²) < 4.78 is 16.9. The van der Waals surface area contributed by atoms with Crippen molar-refractivity contribution in [2.45, 2.75) is 12.5 Å². The van der Waals surface area contributed by atoms with E-state index < -0.39 is 16.9 Å². The molecule has 0 heterocycles. The number of aliphatic hydroxyl groups excluding tert-OH is 2. The van der Waals surface area contributed by atoms with Crippen LogP contribution in [0.5, 0.6) is 5.75 Å². The summed E-state index contributed by atoms with van der Waals surface area (Å²) in [6.07, 6.45) is -0.268. The second-order valence-electron chi connectivity index (χ2n) is 3.80. The van der Waals surface area contributed by atoms with Crippen LogP contribution in [0.2, 0.25) is 5.02 Å². The van der Waals surface area contributed by atoms with Gasteiger partial charge in [0.05, 0.1) is 25.1 Å². The molecule has 18 heavy (non-hydrogen) atoms. The van der Waals surface area contributed by atoms with Gasteiger partial charge in [-0.25, -0.2) is 0 Å². The number of hydrogen-bond donors (Lipinski definition) is 2. The Hall–Kier alpha value is -0.620. The molecule has 0 spiro atoms. The molecule has 2 unspecified atom stereocenters. The second-order valence-corrected chi connectivity index (χ2v) is 5.86. The smallest absolute Gasteiger partial charge is 0.119 e. The molecule has 0 aliphatic rings. The predicted octanol–water partition coefficient (Wildman–Crippen LogP) is 1.21. The largest absolute Gasteiger partial charge is 0.494 e. The van der Waals surface area contributed by atoms with E-state index in [1.165, 1.54) is 0 Å². The number of ether oxygens (including phenoxy) is 1. The van der Waals surface area contributed by atoms with Crippen molar-refractivity contribution in [2.75, 3.05) is 24.7 Å². The summed E-state index contributed by atoms with van der Waals surface area (Å²) in [5, 5.41) is 18.4. The van der Waals surface area contributed by atoms with Gasteiger partial charge in [0.15, 0.2) is 0 Å². The molecule has 4 nitrogen and oxygen atoms in total. The number of rotatable bonds is 8. The highest BCUT2D eigenvalue weighted by Crippen LogP contribution is 2.15. The van der Waals surface area contributed by atoms with E-state index in [1.807, 2.05) is 0 Å². The molecule has 2 atom stereocenters. The molecule has 102 valence electrons. The topological polar surface area (TPSA) is 66.8 Å². The Bertz CT molecular complexity index is 369. The van der Waals surface area contributed by atoms with Gasteiger partial charge in [0, 0.05) is 21.6 Å². The van der Waals surface area contributed by atoms with Gasteiger partial charge in [0.1, 0.15) is 5.75 Å². The van der Waals surface area contributed by atoms with Crippen molar-refractivity contribution in [3.05, 3.63) is 29.3 Å². The summed E-state index contributed by atoms with van der Waals surface area (Å²) in [7, 11) is -1.12. The van der Waals surface area contributed by atoms with Gasteiger partial charge in [-0.1, -0.05) is 11.6 Å². The first kappa shape index (κ1) is 15.4. The van der Waals surface area contributed by atoms with E-state index in [-0.39, 0.29) is 12.4 Å². The maximum absolute atomic E-state index is 11.4. The SMILES string of the molecule is O=S(CCCOc1ccc(Cl)cc1)CC(O)CO. The number of halogens is 1. The zero-order valence-electron chi connectivity index (χ0n) is 9.92. The molecule has 1 aromatic rings. The highest BCUT2D eigenvalue weighted by Gasteiger charge is 2.07. The van der Waals surface area contributed by atoms with Gasteiger partial charge in [0.25, 0.3) is 0 Å². The van der Waals surface area contributed by atoms with Crippen LogP contribution in [0.1, 0.15) is 6.42 Å². The first-order valence-corrected chi connectivity index (χ1v) is 7.50. The zero-order chi connectivity index (χ0) is 13.4. The maximum Gasteiger partial charge on any atom is 0.119 e. The predicted molar refractivity (Wildman–Crippen MR) is 72.5 cm³/mol. The molecule has 2 N–H and O–H groups in total. The molecular formula is C12H17ClO4S. The van der Waals surface area contributed by atoms with Crippen molar-refractivity contribution in [1.82, 2.24) is 0 Å². The van der Waals surface area contributed by atoms with Crippen molar-refractivity contribution >= 4 is 22.4 Å². The number of aliphatic hydroxyl groups is 2. The lowest BCUT2D eigenvalue weighted by Crippen LogP contribution is -2.22. The van der Waals surface area contributed by atoms with Gasteiger partial charge in [-0.05, 0) is 30.7 Å². The van der Waals surface area contributed by atoms with Crippen molar-refractivity contribution < 1.29 is 19.2 Å². The molecule has 0 saturated heterocycles. The third kappa shape index (κ3) is 6.35. The molecule has 0 saturated carbocycles. The van der Waals surface area contributed by atoms with Crippen LogP contribution in [0.4, 0.5) is 0 Å². The molecule has 1 aromatic carbocycles. The third-order valence-electron chi connectivity index (χ3n) is 2.19. The van der Waals surface area contributed by atoms with E-state index >= 15 is 0 Å². The van der Waals surface area contributed by atoms with Crippen LogP contribution >= 0.6 is 11.6 Å². The molecule has 0 aliphatic heterocycles. The molecule has 0 aliphatic carbocycles. The van der Waals surface area contributed by atoms with Crippen LogP contribution in [0, 0.1) is 0 Å². The molecule has 0 radical (unpaired) electrons. The lowest BCUT2D eigenvalue weighted by Gasteiger charge is -2.08. The van der Waals surface area contributed by atoms with Crippen LogP contribution in [0.15, 0.2) is 24.3 Å². The summed E-state index contributed by atoms with van der Waals surface area (Å²) in [5.41, 5.74) is 0. The Kier molecular flexibility index (Phi) is 7.27. The summed E-state index contributed by atoms with van der Waals surface area (Å²) in [6.45, 7) is 0.107. The van der Waals surface area contributed by atoms with Crippen LogP contribution < -0.4 is 4.74 Å². The minimum atomic E-state index is -1.12. The number of benzene rings is 1. The van der Waals surface area contributed by atoms with Gasteiger partial charge in [-0.2, -0.15) is 0 Å². The quantitative estimate of drug-likeness (QED) is 0.707. The molecular weight excluding hydrogens is 276 g/mol. The highest BCUT2D eigenvalue weighted by molar-refractivity contribution is 7.85. The van der Waals surface area contributed by atoms with Gasteiger partial charge in [-0.15, -0.1) is 0 Å². The van der Waals surface area contributed by atoms with E-state index in [2.05, 4.69) is 0 Å². The first-order valence-electron chi connectivity index (χ1n) is 5.64. The number of hydrogen-bond acceptors (Lipinski definition) is 4. The fourth-order valence-corrected chi connectivity index (χ4v) is 2.56. The zero-order valence-corrected chi connectivity index (χ0v) is 11.5. The average molecular weight is 293 g/mol. The van der Waals surface area contributed by atoms with E-state index in [0.29, 0.717) is 23.8 Å². The Balaban J connectivity index is 2.15. The second kappa shape index (κ2) is 8.48. The van der Waals surface area contributed by atoms with Gasteiger partial charge in [0.2, 0.25) is 0 Å². The molecule has 0 aromatic heterocycles. The molecule has 0 bridgehead atoms. The lowest BCUT2D eigenvalue weighted by atomic mass is 10.3. The Morgan fingerprint density at radius 3 is 2.61 bits per heavy atom. The normalized spacial score (nSPS) is 14.2. The van der Waals surface area contributed by atoms with Crippen LogP contribution in [-0.2, 0) is 10.8 Å². The summed E-state index contributed by atoms with van der Waals surface area (Å²) in [5.74, 6) is 1.28. The van der Waals surface area contributed by atoms with E-state index in [0.717, 1.165) is 5.75 Å². The fourth-order valence-electron chi connectivity index (χ4n) is 1.29. The first-order chi connectivity index (χ1) is 8.61. The van der Waals surface area contributed by atoms with Gasteiger partial charge < -0.3 is 14.9 Å². The average Bonchev–Trinajstić information content (AvgIpc) is 2.36. The molecule has 1 rings (SSSR count). The van der Waals surface area contributed by atoms with Crippen molar-refractivity contribution in [3.63, 3.8) is 0 Å². The molecule has 0 fully saturated rings. The Morgan fingerprint density at radius 1 is 1.33 bits per heavy atom. The van der Waals surface area contributed by atoms with E-state index in [9.17, 15) is 4.21 Å². The maximum atomic E-state index is 11.4. The minimum Gasteiger partial charge on any atom is -0.494 e. The van der Waals surface area contributed by atoms with Crippen molar-refractivity contribution in [1.29, 1.82) is 0 Å². The van der Waals surface area contributed by atoms with Crippen molar-refractivity contribution in [3.8, 4) is 5.75 Å². The lowest BCUT2D eigenvalue weighted by molar-refractivity contribution is 0.113. The summed E-state index contributed by atoms with van der Waals surface area (Å²) in [6, 6.07) is 7.03. The molecule has 0 amide bonds. The summed E-state index contributed by atoms with van der Waals surface area (Å²) >= 11 is 5.74. The summed E-state index contributed by atoms with van der Waals surface area (Å²) in [4.78, 5) is 0. The third-order valence-corrected chi connectivity index (χ3v) is 3.94. The monoisotopic (exact) mass is 292 g/mol. The van der Waals surface area contributed by atoms with Crippen LogP contribution in [0.25, 0.3) is 0 Å². The van der Waals surface area contributed by atoms with E-state index in [1.54, 1.807) is 24.3 Å². The molecule has 6 heteroatoms. The van der Waals surface area contributed by atoms with Gasteiger partial charge in [-0.3, -0.25) is 4.21 Å². The minimum absolute atomic E-state index is 0.109. The standard InChI is InChI=1S/C12H17ClO4S/c13-10-2-4-12(5-3-10)17-6-1-7-18(16)9-11(15)8-14/h2-5,11,14-15H,1,6-9H2. The van der Waals surface area contributed by atoms with Crippen molar-refractivity contribution in [2.24, 2.45) is 0 Å². The highest BCUT2D eigenvalue weighted by atomic mass is 35.5. The van der Waals surface area contributed by atoms with E-state index in [4.69, 9.17) is 26.6 Å². The Morgan fingerprint density at radius 2 is 2.00 bits per heavy atom.